The Morgan fingerprint density at radius 2 is 1.93 bits per heavy atom. The van der Waals surface area contributed by atoms with Gasteiger partial charge in [-0.3, -0.25) is 14.2 Å². The van der Waals surface area contributed by atoms with Crippen LogP contribution in [0.3, 0.4) is 0 Å². The summed E-state index contributed by atoms with van der Waals surface area (Å²) in [5.74, 6) is 0.0631. The van der Waals surface area contributed by atoms with Crippen molar-refractivity contribution in [2.24, 2.45) is 0 Å². The van der Waals surface area contributed by atoms with Gasteiger partial charge in [-0.25, -0.2) is 4.98 Å². The first-order chi connectivity index (χ1) is 13.9. The average molecular weight is 399 g/mol. The summed E-state index contributed by atoms with van der Waals surface area (Å²) in [6, 6.07) is 5.65. The molecule has 1 aliphatic carbocycles. The average Bonchev–Trinajstić information content (AvgIpc) is 2.95. The summed E-state index contributed by atoms with van der Waals surface area (Å²) in [7, 11) is 4.25. The number of benzene rings is 1. The molecule has 0 bridgehead atoms. The lowest BCUT2D eigenvalue weighted by Crippen LogP contribution is -2.52. The summed E-state index contributed by atoms with van der Waals surface area (Å²) in [4.78, 5) is 31.8. The van der Waals surface area contributed by atoms with Crippen LogP contribution in [-0.4, -0.2) is 46.5 Å². The summed E-state index contributed by atoms with van der Waals surface area (Å²) in [5, 5.41) is 3.79. The summed E-state index contributed by atoms with van der Waals surface area (Å²) in [5.41, 5.74) is 1.79. The number of likely N-dealkylation sites (N-methyl/N-ethyl adjacent to an activating group) is 1. The molecule has 1 heterocycles. The van der Waals surface area contributed by atoms with Crippen LogP contribution in [0.4, 0.5) is 0 Å². The molecule has 29 heavy (non-hydrogen) atoms. The highest BCUT2D eigenvalue weighted by Crippen LogP contribution is 2.30. The first-order valence-electron chi connectivity index (χ1n) is 10.8. The summed E-state index contributed by atoms with van der Waals surface area (Å²) in [6.07, 6.45) is 9.95. The summed E-state index contributed by atoms with van der Waals surface area (Å²) in [6.45, 7) is 3.16. The first-order valence-corrected chi connectivity index (χ1v) is 10.8. The fourth-order valence-corrected chi connectivity index (χ4v) is 4.43. The molecule has 1 N–H and O–H groups in total. The van der Waals surface area contributed by atoms with Crippen LogP contribution in [0.15, 0.2) is 29.3 Å². The zero-order valence-electron chi connectivity index (χ0n) is 18.0. The van der Waals surface area contributed by atoms with Crippen molar-refractivity contribution in [3.8, 4) is 0 Å². The van der Waals surface area contributed by atoms with Crippen LogP contribution in [-0.2, 0) is 11.3 Å². The van der Waals surface area contributed by atoms with Gasteiger partial charge in [0.1, 0.15) is 0 Å². The van der Waals surface area contributed by atoms with Crippen LogP contribution >= 0.6 is 0 Å². The van der Waals surface area contributed by atoms with Crippen LogP contribution in [0.25, 0.3) is 10.9 Å². The van der Waals surface area contributed by atoms with Gasteiger partial charge in [0, 0.05) is 25.0 Å². The maximum absolute atomic E-state index is 12.7. The fraction of sp³-hybridized carbons (Fsp3) is 0.609. The smallest absolute Gasteiger partial charge is 0.261 e. The summed E-state index contributed by atoms with van der Waals surface area (Å²) >= 11 is 0. The van der Waals surface area contributed by atoms with Gasteiger partial charge in [0.05, 0.1) is 17.2 Å². The number of aryl methyl sites for hydroxylation is 2. The molecule has 0 unspecified atom stereocenters. The number of hydrogen-bond donors (Lipinski definition) is 1. The van der Waals surface area contributed by atoms with E-state index in [1.807, 2.05) is 25.1 Å². The van der Waals surface area contributed by atoms with Gasteiger partial charge in [-0.1, -0.05) is 37.8 Å². The molecule has 6 heteroatoms. The molecule has 0 atom stereocenters. The molecule has 1 fully saturated rings. The monoisotopic (exact) mass is 398 g/mol. The molecule has 2 aromatic rings. The Hall–Kier alpha value is -2.21. The van der Waals surface area contributed by atoms with Crippen molar-refractivity contribution < 1.29 is 4.79 Å². The van der Waals surface area contributed by atoms with Crippen molar-refractivity contribution in [3.05, 3.63) is 40.4 Å². The van der Waals surface area contributed by atoms with E-state index >= 15 is 0 Å². The number of nitrogens with zero attached hydrogens (tertiary/aromatic N) is 3. The minimum absolute atomic E-state index is 0.0378. The maximum Gasteiger partial charge on any atom is 0.261 e. The topological polar surface area (TPSA) is 67.2 Å². The number of para-hydroxylation sites is 1. The van der Waals surface area contributed by atoms with Crippen molar-refractivity contribution >= 4 is 16.8 Å². The Morgan fingerprint density at radius 1 is 1.21 bits per heavy atom. The van der Waals surface area contributed by atoms with E-state index in [1.54, 1.807) is 10.9 Å². The lowest BCUT2D eigenvalue weighted by molar-refractivity contribution is -0.121. The predicted octanol–water partition coefficient (Wildman–Crippen LogP) is 3.26. The number of fused-ring (bicyclic) bond motifs is 1. The number of rotatable bonds is 7. The second kappa shape index (κ2) is 9.53. The molecular formula is C23H34N4O2. The zero-order chi connectivity index (χ0) is 20.9. The third-order valence-electron chi connectivity index (χ3n) is 6.46. The molecule has 1 aromatic carbocycles. The normalized spacial score (nSPS) is 16.7. The van der Waals surface area contributed by atoms with E-state index in [2.05, 4.69) is 29.3 Å². The molecule has 1 aromatic heterocycles. The van der Waals surface area contributed by atoms with E-state index in [0.717, 1.165) is 23.9 Å². The van der Waals surface area contributed by atoms with E-state index in [0.29, 0.717) is 31.3 Å². The Balaban J connectivity index is 1.54. The van der Waals surface area contributed by atoms with Crippen LogP contribution in [0, 0.1) is 6.92 Å². The highest BCUT2D eigenvalue weighted by atomic mass is 16.1. The lowest BCUT2D eigenvalue weighted by atomic mass is 9.88. The largest absolute Gasteiger partial charge is 0.354 e. The quantitative estimate of drug-likeness (QED) is 0.727. The zero-order valence-corrected chi connectivity index (χ0v) is 18.0. The third-order valence-corrected chi connectivity index (χ3v) is 6.46. The van der Waals surface area contributed by atoms with Gasteiger partial charge in [-0.05, 0) is 51.9 Å². The number of aromatic nitrogens is 2. The van der Waals surface area contributed by atoms with E-state index in [-0.39, 0.29) is 17.0 Å². The Bertz CT molecular complexity index is 895. The number of nitrogens with one attached hydrogen (secondary N) is 1. The standard InChI is InChI=1S/C23H34N4O2/c1-18-10-8-11-19-21(18)25-17-27(22(19)29)15-9-12-20(28)24-16-23(26(2)3)13-6-4-5-7-14-23/h8,10-11,17H,4-7,9,12-16H2,1-3H3,(H,24,28). The molecular weight excluding hydrogens is 364 g/mol. The van der Waals surface area contributed by atoms with E-state index in [9.17, 15) is 9.59 Å². The molecule has 3 rings (SSSR count). The SMILES string of the molecule is Cc1cccc2c(=O)n(CCCC(=O)NCC3(N(C)C)CCCCCC3)cnc12. The number of carbonyl (C=O) groups excluding carboxylic acids is 1. The van der Waals surface area contributed by atoms with Gasteiger partial charge in [0.15, 0.2) is 0 Å². The minimum Gasteiger partial charge on any atom is -0.354 e. The number of carbonyl (C=O) groups is 1. The second-order valence-electron chi connectivity index (χ2n) is 8.63. The van der Waals surface area contributed by atoms with Gasteiger partial charge in [-0.15, -0.1) is 0 Å². The molecule has 1 saturated carbocycles. The van der Waals surface area contributed by atoms with E-state index in [1.165, 1.54) is 25.7 Å². The van der Waals surface area contributed by atoms with Crippen molar-refractivity contribution in [2.75, 3.05) is 20.6 Å². The lowest BCUT2D eigenvalue weighted by Gasteiger charge is -2.39. The maximum atomic E-state index is 12.7. The van der Waals surface area contributed by atoms with E-state index < -0.39 is 0 Å². The Labute approximate surface area is 173 Å². The van der Waals surface area contributed by atoms with Crippen LogP contribution in [0.1, 0.15) is 56.9 Å². The fourth-order valence-electron chi connectivity index (χ4n) is 4.43. The number of amides is 1. The molecule has 0 radical (unpaired) electrons. The van der Waals surface area contributed by atoms with Gasteiger partial charge < -0.3 is 10.2 Å². The molecule has 158 valence electrons. The van der Waals surface area contributed by atoms with Gasteiger partial charge in [0.2, 0.25) is 5.91 Å². The van der Waals surface area contributed by atoms with Crippen LogP contribution in [0.5, 0.6) is 0 Å². The Kier molecular flexibility index (Phi) is 7.06. The highest BCUT2D eigenvalue weighted by molar-refractivity contribution is 5.80. The van der Waals surface area contributed by atoms with Gasteiger partial charge in [-0.2, -0.15) is 0 Å². The highest BCUT2D eigenvalue weighted by Gasteiger charge is 2.33. The van der Waals surface area contributed by atoms with Crippen molar-refractivity contribution in [3.63, 3.8) is 0 Å². The van der Waals surface area contributed by atoms with Crippen LogP contribution < -0.4 is 10.9 Å². The van der Waals surface area contributed by atoms with Gasteiger partial charge in [0.25, 0.3) is 5.56 Å². The van der Waals surface area contributed by atoms with Crippen molar-refractivity contribution in [1.82, 2.24) is 19.8 Å². The molecule has 1 amide bonds. The van der Waals surface area contributed by atoms with Crippen molar-refractivity contribution in [1.29, 1.82) is 0 Å². The predicted molar refractivity (Wildman–Crippen MR) is 117 cm³/mol. The number of hydrogen-bond acceptors (Lipinski definition) is 4. The van der Waals surface area contributed by atoms with Crippen molar-refractivity contribution in [2.45, 2.75) is 70.4 Å². The third kappa shape index (κ3) is 5.04. The second-order valence-corrected chi connectivity index (χ2v) is 8.63. The van der Waals surface area contributed by atoms with Gasteiger partial charge >= 0.3 is 0 Å². The molecule has 1 aliphatic rings. The minimum atomic E-state index is -0.0378. The molecule has 0 aliphatic heterocycles. The molecule has 0 spiro atoms. The Morgan fingerprint density at radius 3 is 2.62 bits per heavy atom. The first kappa shape index (κ1) is 21.5. The molecule has 6 nitrogen and oxygen atoms in total. The molecule has 0 saturated heterocycles. The summed E-state index contributed by atoms with van der Waals surface area (Å²) < 4.78 is 1.61. The van der Waals surface area contributed by atoms with E-state index in [4.69, 9.17) is 0 Å². The van der Waals surface area contributed by atoms with Crippen LogP contribution in [0.2, 0.25) is 0 Å².